The number of amides is 1. The summed E-state index contributed by atoms with van der Waals surface area (Å²) >= 11 is 5.19. The third kappa shape index (κ3) is 1.86. The van der Waals surface area contributed by atoms with Gasteiger partial charge in [-0.15, -0.1) is 0 Å². The normalized spacial score (nSPS) is 10.6. The minimum Gasteiger partial charge on any atom is -0.358 e. The second-order valence-electron chi connectivity index (χ2n) is 3.71. The molecule has 0 aliphatic heterocycles. The molecule has 0 spiro atoms. The number of hydrogen-bond acceptors (Lipinski definition) is 2. The van der Waals surface area contributed by atoms with E-state index in [-0.39, 0.29) is 12.5 Å². The highest BCUT2D eigenvalue weighted by Gasteiger charge is 2.07. The number of rotatable bonds is 2. The number of carbonyl (C=O) groups excluding carboxylic acids is 1. The number of likely N-dealkylation sites (N-methyl/N-ethyl adjacent to an activating group) is 1. The number of aromatic nitrogens is 2. The molecule has 2 aromatic rings. The van der Waals surface area contributed by atoms with Gasteiger partial charge in [-0.05, 0) is 36.8 Å². The van der Waals surface area contributed by atoms with Crippen molar-refractivity contribution in [3.8, 4) is 0 Å². The van der Waals surface area contributed by atoms with E-state index in [9.17, 15) is 4.79 Å². The predicted molar refractivity (Wildman–Crippen MR) is 65.9 cm³/mol. The number of H-pyrrole nitrogens is 1. The third-order valence-electron chi connectivity index (χ3n) is 2.51. The molecule has 4 nitrogen and oxygen atoms in total. The molecular formula is C11H13N3OS. The molecule has 0 saturated carbocycles. The molecule has 2 rings (SSSR count). The van der Waals surface area contributed by atoms with Crippen LogP contribution in [0.4, 0.5) is 0 Å². The van der Waals surface area contributed by atoms with Crippen molar-refractivity contribution in [2.45, 2.75) is 13.5 Å². The summed E-state index contributed by atoms with van der Waals surface area (Å²) < 4.78 is 2.38. The smallest absolute Gasteiger partial charge is 0.239 e. The van der Waals surface area contributed by atoms with Crippen LogP contribution in [0.15, 0.2) is 18.2 Å². The Morgan fingerprint density at radius 3 is 3.00 bits per heavy atom. The van der Waals surface area contributed by atoms with E-state index in [1.165, 1.54) is 0 Å². The summed E-state index contributed by atoms with van der Waals surface area (Å²) in [7, 11) is 1.62. The zero-order chi connectivity index (χ0) is 11.7. The number of fused-ring (bicyclic) bond motifs is 1. The van der Waals surface area contributed by atoms with Crippen LogP contribution in [0.25, 0.3) is 11.0 Å². The van der Waals surface area contributed by atoms with Gasteiger partial charge in [-0.2, -0.15) is 0 Å². The molecule has 0 aliphatic carbocycles. The number of hydrogen-bond donors (Lipinski definition) is 2. The maximum absolute atomic E-state index is 11.4. The quantitative estimate of drug-likeness (QED) is 0.779. The van der Waals surface area contributed by atoms with E-state index >= 15 is 0 Å². The van der Waals surface area contributed by atoms with Crippen LogP contribution >= 0.6 is 12.2 Å². The van der Waals surface area contributed by atoms with Gasteiger partial charge in [0, 0.05) is 7.05 Å². The number of aryl methyl sites for hydroxylation is 1. The maximum Gasteiger partial charge on any atom is 0.239 e. The SMILES string of the molecule is CNC(=O)Cn1c(=S)[nH]c2ccc(C)cc21. The molecule has 0 aliphatic rings. The number of nitrogens with one attached hydrogen (secondary N) is 2. The van der Waals surface area contributed by atoms with Gasteiger partial charge in [0.2, 0.25) is 5.91 Å². The topological polar surface area (TPSA) is 49.8 Å². The monoisotopic (exact) mass is 235 g/mol. The molecule has 5 heteroatoms. The van der Waals surface area contributed by atoms with Crippen molar-refractivity contribution in [3.63, 3.8) is 0 Å². The molecule has 0 bridgehead atoms. The van der Waals surface area contributed by atoms with Gasteiger partial charge >= 0.3 is 0 Å². The molecule has 0 radical (unpaired) electrons. The zero-order valence-corrected chi connectivity index (χ0v) is 10.0. The largest absolute Gasteiger partial charge is 0.358 e. The summed E-state index contributed by atoms with van der Waals surface area (Å²) in [6.07, 6.45) is 0. The van der Waals surface area contributed by atoms with Crippen molar-refractivity contribution in [1.29, 1.82) is 0 Å². The molecular weight excluding hydrogens is 222 g/mol. The van der Waals surface area contributed by atoms with Crippen LogP contribution in [0.1, 0.15) is 5.56 Å². The van der Waals surface area contributed by atoms with Gasteiger partial charge in [0.1, 0.15) is 6.54 Å². The van der Waals surface area contributed by atoms with Gasteiger partial charge in [-0.25, -0.2) is 0 Å². The first-order valence-electron chi connectivity index (χ1n) is 5.01. The molecule has 84 valence electrons. The average Bonchev–Trinajstić information content (AvgIpc) is 2.55. The fourth-order valence-electron chi connectivity index (χ4n) is 1.64. The molecule has 0 saturated heterocycles. The molecule has 0 unspecified atom stereocenters. The van der Waals surface area contributed by atoms with Gasteiger partial charge in [0.25, 0.3) is 0 Å². The minimum atomic E-state index is -0.0569. The molecule has 2 N–H and O–H groups in total. The van der Waals surface area contributed by atoms with E-state index in [1.807, 2.05) is 25.1 Å². The molecule has 1 heterocycles. The van der Waals surface area contributed by atoms with Crippen LogP contribution < -0.4 is 5.32 Å². The van der Waals surface area contributed by atoms with Crippen LogP contribution in [0.2, 0.25) is 0 Å². The van der Waals surface area contributed by atoms with Crippen LogP contribution in [-0.4, -0.2) is 22.5 Å². The van der Waals surface area contributed by atoms with Gasteiger partial charge in [-0.3, -0.25) is 4.79 Å². The fraction of sp³-hybridized carbons (Fsp3) is 0.273. The Morgan fingerprint density at radius 1 is 1.56 bits per heavy atom. The van der Waals surface area contributed by atoms with Gasteiger partial charge < -0.3 is 14.9 Å². The minimum absolute atomic E-state index is 0.0569. The standard InChI is InChI=1S/C11H13N3OS/c1-7-3-4-8-9(5-7)14(11(16)13-8)6-10(15)12-2/h3-5H,6H2,1-2H3,(H,12,15)(H,13,16). The third-order valence-corrected chi connectivity index (χ3v) is 2.83. The number of aromatic amines is 1. The average molecular weight is 235 g/mol. The van der Waals surface area contributed by atoms with Crippen LogP contribution in [0.3, 0.4) is 0 Å². The Balaban J connectivity index is 2.58. The molecule has 1 amide bonds. The highest BCUT2D eigenvalue weighted by molar-refractivity contribution is 7.71. The van der Waals surface area contributed by atoms with Crippen LogP contribution in [-0.2, 0) is 11.3 Å². The van der Waals surface area contributed by atoms with E-state index in [0.29, 0.717) is 4.77 Å². The van der Waals surface area contributed by atoms with Crippen molar-refractivity contribution in [2.75, 3.05) is 7.05 Å². The molecule has 0 fully saturated rings. The second kappa shape index (κ2) is 4.09. The fourth-order valence-corrected chi connectivity index (χ4v) is 1.92. The van der Waals surface area contributed by atoms with E-state index in [0.717, 1.165) is 16.6 Å². The van der Waals surface area contributed by atoms with E-state index in [1.54, 1.807) is 11.6 Å². The Morgan fingerprint density at radius 2 is 2.31 bits per heavy atom. The number of carbonyl (C=O) groups is 1. The lowest BCUT2D eigenvalue weighted by atomic mass is 10.2. The molecule has 1 aromatic carbocycles. The zero-order valence-electron chi connectivity index (χ0n) is 9.20. The molecule has 1 aromatic heterocycles. The predicted octanol–water partition coefficient (Wildman–Crippen LogP) is 1.75. The van der Waals surface area contributed by atoms with Crippen molar-refractivity contribution in [3.05, 3.63) is 28.5 Å². The highest BCUT2D eigenvalue weighted by atomic mass is 32.1. The number of imidazole rings is 1. The Bertz CT molecular complexity index is 597. The summed E-state index contributed by atoms with van der Waals surface area (Å²) in [6, 6.07) is 6.00. The van der Waals surface area contributed by atoms with Crippen LogP contribution in [0.5, 0.6) is 0 Å². The molecule has 0 atom stereocenters. The first-order chi connectivity index (χ1) is 7.61. The van der Waals surface area contributed by atoms with Gasteiger partial charge in [-0.1, -0.05) is 6.07 Å². The Kier molecular flexibility index (Phi) is 2.78. The van der Waals surface area contributed by atoms with Crippen LogP contribution in [0, 0.1) is 11.7 Å². The summed E-state index contributed by atoms with van der Waals surface area (Å²) in [4.78, 5) is 14.4. The van der Waals surface area contributed by atoms with Crippen molar-refractivity contribution in [2.24, 2.45) is 0 Å². The Hall–Kier alpha value is -1.62. The van der Waals surface area contributed by atoms with E-state index in [2.05, 4.69) is 10.3 Å². The maximum atomic E-state index is 11.4. The summed E-state index contributed by atoms with van der Waals surface area (Å²) in [5.74, 6) is -0.0569. The number of benzene rings is 1. The highest BCUT2D eigenvalue weighted by Crippen LogP contribution is 2.15. The van der Waals surface area contributed by atoms with Crippen molar-refractivity contribution in [1.82, 2.24) is 14.9 Å². The lowest BCUT2D eigenvalue weighted by Gasteiger charge is -2.03. The molecule has 16 heavy (non-hydrogen) atoms. The summed E-state index contributed by atoms with van der Waals surface area (Å²) in [5.41, 5.74) is 3.07. The van der Waals surface area contributed by atoms with Gasteiger partial charge in [0.15, 0.2) is 4.77 Å². The summed E-state index contributed by atoms with van der Waals surface area (Å²) in [6.45, 7) is 2.26. The number of nitrogens with zero attached hydrogens (tertiary/aromatic N) is 1. The lowest BCUT2D eigenvalue weighted by molar-refractivity contribution is -0.121. The van der Waals surface area contributed by atoms with Crippen molar-refractivity contribution < 1.29 is 4.79 Å². The van der Waals surface area contributed by atoms with Crippen molar-refractivity contribution >= 4 is 29.2 Å². The first-order valence-corrected chi connectivity index (χ1v) is 5.42. The first kappa shape index (κ1) is 10.9. The lowest BCUT2D eigenvalue weighted by Crippen LogP contribution is -2.23. The summed E-state index contributed by atoms with van der Waals surface area (Å²) in [5, 5.41) is 2.59. The van der Waals surface area contributed by atoms with Gasteiger partial charge in [0.05, 0.1) is 11.0 Å². The Labute approximate surface area is 98.3 Å². The second-order valence-corrected chi connectivity index (χ2v) is 4.10. The van der Waals surface area contributed by atoms with E-state index < -0.39 is 0 Å². The van der Waals surface area contributed by atoms with E-state index in [4.69, 9.17) is 12.2 Å².